The van der Waals surface area contributed by atoms with Gasteiger partial charge in [0.05, 0.1) is 23.9 Å². The normalized spacial score (nSPS) is 16.7. The number of esters is 1. The smallest absolute Gasteiger partial charge is 0.338 e. The number of halogens is 1. The van der Waals surface area contributed by atoms with Crippen LogP contribution in [0.4, 0.5) is 5.69 Å². The Labute approximate surface area is 213 Å². The molecule has 2 aromatic rings. The Morgan fingerprint density at radius 3 is 2.71 bits per heavy atom. The van der Waals surface area contributed by atoms with Crippen LogP contribution < -0.4 is 10.1 Å². The van der Waals surface area contributed by atoms with Gasteiger partial charge in [0.25, 0.3) is 5.91 Å². The lowest BCUT2D eigenvalue weighted by molar-refractivity contribution is -0.139. The number of nitrogens with zero attached hydrogens (tertiary/aromatic N) is 2. The van der Waals surface area contributed by atoms with Crippen LogP contribution in [0.15, 0.2) is 64.3 Å². The molecule has 1 atom stereocenters. The minimum atomic E-state index is -0.566. The predicted octanol–water partition coefficient (Wildman–Crippen LogP) is 5.74. The molecule has 2 aliphatic rings. The third kappa shape index (κ3) is 5.39. The van der Waals surface area contributed by atoms with Crippen molar-refractivity contribution in [1.29, 1.82) is 0 Å². The summed E-state index contributed by atoms with van der Waals surface area (Å²) in [4.78, 5) is 32.1. The summed E-state index contributed by atoms with van der Waals surface area (Å²) in [7, 11) is 0. The van der Waals surface area contributed by atoms with Gasteiger partial charge in [0.2, 0.25) is 0 Å². The van der Waals surface area contributed by atoms with Gasteiger partial charge in [-0.05, 0) is 62.9 Å². The summed E-state index contributed by atoms with van der Waals surface area (Å²) in [6.07, 6.45) is 1.86. The number of aliphatic imine (C=N–C) groups is 1. The summed E-state index contributed by atoms with van der Waals surface area (Å²) in [5.41, 5.74) is 4.42. The molecular formula is C26H26ClN3O4S. The molecule has 0 saturated carbocycles. The van der Waals surface area contributed by atoms with Crippen LogP contribution in [0, 0.1) is 13.8 Å². The number of anilines is 1. The first-order valence-electron chi connectivity index (χ1n) is 11.2. The highest BCUT2D eigenvalue weighted by molar-refractivity contribution is 8.16. The molecule has 1 N–H and O–H groups in total. The number of ether oxygens (including phenoxy) is 2. The van der Waals surface area contributed by atoms with Gasteiger partial charge in [0, 0.05) is 22.5 Å². The number of amides is 1. The molecular weight excluding hydrogens is 486 g/mol. The van der Waals surface area contributed by atoms with E-state index >= 15 is 0 Å². The molecule has 0 saturated heterocycles. The van der Waals surface area contributed by atoms with Crippen LogP contribution in [0.3, 0.4) is 0 Å². The number of hydrogen-bond donors (Lipinski definition) is 1. The van der Waals surface area contributed by atoms with E-state index in [1.54, 1.807) is 32.0 Å². The second-order valence-corrected chi connectivity index (χ2v) is 9.47. The van der Waals surface area contributed by atoms with Crippen molar-refractivity contribution in [2.24, 2.45) is 4.99 Å². The van der Waals surface area contributed by atoms with Crippen molar-refractivity contribution in [3.63, 3.8) is 0 Å². The van der Waals surface area contributed by atoms with Crippen molar-refractivity contribution in [2.75, 3.05) is 18.5 Å². The SMILES string of the molecule is CCOC(=O)C1=C(C)N=C2SC=CN2[C@@H]1c1cc(Cl)ccc1OCC(=O)Nc1ccc(C)cc1C. The zero-order chi connectivity index (χ0) is 25.1. The Kier molecular flexibility index (Phi) is 7.52. The summed E-state index contributed by atoms with van der Waals surface area (Å²) in [6.45, 7) is 7.51. The number of amidine groups is 1. The molecule has 0 radical (unpaired) electrons. The molecule has 2 aromatic carbocycles. The van der Waals surface area contributed by atoms with E-state index in [-0.39, 0.29) is 19.1 Å². The number of rotatable bonds is 7. The van der Waals surface area contributed by atoms with E-state index in [0.717, 1.165) is 22.0 Å². The molecule has 35 heavy (non-hydrogen) atoms. The van der Waals surface area contributed by atoms with Crippen molar-refractivity contribution < 1.29 is 19.1 Å². The van der Waals surface area contributed by atoms with Gasteiger partial charge in [0.1, 0.15) is 5.75 Å². The van der Waals surface area contributed by atoms with Crippen LogP contribution >= 0.6 is 23.4 Å². The number of benzene rings is 2. The summed E-state index contributed by atoms with van der Waals surface area (Å²) in [5, 5.41) is 6.00. The topological polar surface area (TPSA) is 80.2 Å². The molecule has 0 aliphatic carbocycles. The Balaban J connectivity index is 1.63. The Morgan fingerprint density at radius 1 is 1.17 bits per heavy atom. The summed E-state index contributed by atoms with van der Waals surface area (Å²) in [6, 6.07) is 10.4. The molecule has 0 unspecified atom stereocenters. The lowest BCUT2D eigenvalue weighted by Gasteiger charge is -2.34. The van der Waals surface area contributed by atoms with Gasteiger partial charge in [-0.25, -0.2) is 9.79 Å². The maximum atomic E-state index is 13.0. The first-order valence-corrected chi connectivity index (χ1v) is 12.4. The van der Waals surface area contributed by atoms with Gasteiger partial charge < -0.3 is 19.7 Å². The van der Waals surface area contributed by atoms with Crippen molar-refractivity contribution in [2.45, 2.75) is 33.7 Å². The number of carbonyl (C=O) groups excluding carboxylic acids is 2. The monoisotopic (exact) mass is 511 g/mol. The number of hydrogen-bond acceptors (Lipinski definition) is 7. The fraction of sp³-hybridized carbons (Fsp3) is 0.269. The maximum Gasteiger partial charge on any atom is 0.338 e. The quantitative estimate of drug-likeness (QED) is 0.477. The van der Waals surface area contributed by atoms with Crippen molar-refractivity contribution in [1.82, 2.24) is 4.90 Å². The molecule has 0 spiro atoms. The number of thioether (sulfide) groups is 1. The fourth-order valence-electron chi connectivity index (χ4n) is 4.02. The van der Waals surface area contributed by atoms with Gasteiger partial charge in [-0.3, -0.25) is 4.79 Å². The Morgan fingerprint density at radius 2 is 1.97 bits per heavy atom. The van der Waals surface area contributed by atoms with E-state index in [2.05, 4.69) is 10.3 Å². The van der Waals surface area contributed by atoms with Gasteiger partial charge in [-0.2, -0.15) is 0 Å². The van der Waals surface area contributed by atoms with Crippen molar-refractivity contribution in [3.8, 4) is 5.75 Å². The van der Waals surface area contributed by atoms with Crippen LogP contribution in [0.2, 0.25) is 5.02 Å². The molecule has 0 bridgehead atoms. The molecule has 0 aromatic heterocycles. The zero-order valence-corrected chi connectivity index (χ0v) is 21.5. The third-order valence-corrected chi connectivity index (χ3v) is 6.60. The highest BCUT2D eigenvalue weighted by atomic mass is 35.5. The number of allylic oxidation sites excluding steroid dienone is 1. The summed E-state index contributed by atoms with van der Waals surface area (Å²) in [5.74, 6) is -0.310. The average molecular weight is 512 g/mol. The molecule has 1 amide bonds. The van der Waals surface area contributed by atoms with E-state index in [9.17, 15) is 9.59 Å². The van der Waals surface area contributed by atoms with Crippen LogP contribution in [0.25, 0.3) is 0 Å². The summed E-state index contributed by atoms with van der Waals surface area (Å²) >= 11 is 7.82. The molecule has 2 aliphatic heterocycles. The number of aryl methyl sites for hydroxylation is 2. The second-order valence-electron chi connectivity index (χ2n) is 8.16. The number of fused-ring (bicyclic) bond motifs is 1. The van der Waals surface area contributed by atoms with Crippen LogP contribution in [-0.2, 0) is 14.3 Å². The van der Waals surface area contributed by atoms with E-state index in [0.29, 0.717) is 27.6 Å². The highest BCUT2D eigenvalue weighted by Gasteiger charge is 2.39. The third-order valence-electron chi connectivity index (χ3n) is 5.60. The van der Waals surface area contributed by atoms with E-state index in [1.165, 1.54) is 11.8 Å². The van der Waals surface area contributed by atoms with E-state index < -0.39 is 12.0 Å². The largest absolute Gasteiger partial charge is 0.483 e. The minimum Gasteiger partial charge on any atom is -0.483 e. The van der Waals surface area contributed by atoms with Gasteiger partial charge in [0.15, 0.2) is 11.8 Å². The maximum absolute atomic E-state index is 13.0. The Hall–Kier alpha value is -3.23. The summed E-state index contributed by atoms with van der Waals surface area (Å²) < 4.78 is 11.3. The van der Waals surface area contributed by atoms with Gasteiger partial charge in [-0.15, -0.1) is 0 Å². The van der Waals surface area contributed by atoms with Crippen LogP contribution in [0.5, 0.6) is 5.75 Å². The fourth-order valence-corrected chi connectivity index (χ4v) is 5.00. The highest BCUT2D eigenvalue weighted by Crippen LogP contribution is 2.44. The zero-order valence-electron chi connectivity index (χ0n) is 19.9. The van der Waals surface area contributed by atoms with Gasteiger partial charge >= 0.3 is 5.97 Å². The minimum absolute atomic E-state index is 0.211. The lowest BCUT2D eigenvalue weighted by atomic mass is 9.94. The van der Waals surface area contributed by atoms with E-state index in [1.807, 2.05) is 48.6 Å². The molecule has 0 fully saturated rings. The Bertz CT molecular complexity index is 1270. The first kappa shape index (κ1) is 24.9. The first-order chi connectivity index (χ1) is 16.8. The number of nitrogens with one attached hydrogen (secondary N) is 1. The lowest BCUT2D eigenvalue weighted by Crippen LogP contribution is -2.34. The second kappa shape index (κ2) is 10.6. The predicted molar refractivity (Wildman–Crippen MR) is 140 cm³/mol. The molecule has 7 nitrogen and oxygen atoms in total. The molecule has 182 valence electrons. The molecule has 2 heterocycles. The standard InChI is InChI=1S/C26H26ClN3O4S/c1-5-33-25(32)23-17(4)28-26-30(10-11-35-26)24(23)19-13-18(27)7-9-21(19)34-14-22(31)29-20-8-6-15(2)12-16(20)3/h6-13,24H,5,14H2,1-4H3,(H,29,31)/t24-/m1/s1. The van der Waals surface area contributed by atoms with Crippen molar-refractivity contribution in [3.05, 3.63) is 81.0 Å². The van der Waals surface area contributed by atoms with E-state index in [4.69, 9.17) is 21.1 Å². The van der Waals surface area contributed by atoms with Crippen LogP contribution in [0.1, 0.15) is 36.6 Å². The molecule has 9 heteroatoms. The molecule has 4 rings (SSSR count). The van der Waals surface area contributed by atoms with Crippen molar-refractivity contribution >= 4 is 46.1 Å². The number of carbonyl (C=O) groups is 2. The average Bonchev–Trinajstić information content (AvgIpc) is 3.27. The van der Waals surface area contributed by atoms with Gasteiger partial charge in [-0.1, -0.05) is 41.1 Å². The van der Waals surface area contributed by atoms with Crippen LogP contribution in [-0.4, -0.2) is 35.2 Å².